The SMILES string of the molecule is COc1cc(C)sc1C(C)N. The molecule has 1 unspecified atom stereocenters. The molecule has 0 aliphatic rings. The van der Waals surface area contributed by atoms with Crippen molar-refractivity contribution >= 4 is 11.3 Å². The highest BCUT2D eigenvalue weighted by atomic mass is 32.1. The lowest BCUT2D eigenvalue weighted by molar-refractivity contribution is 0.410. The summed E-state index contributed by atoms with van der Waals surface area (Å²) in [6.45, 7) is 4.02. The molecule has 1 aromatic rings. The van der Waals surface area contributed by atoms with Crippen molar-refractivity contribution in [1.82, 2.24) is 0 Å². The van der Waals surface area contributed by atoms with E-state index in [1.165, 1.54) is 4.88 Å². The highest BCUT2D eigenvalue weighted by molar-refractivity contribution is 7.12. The van der Waals surface area contributed by atoms with Gasteiger partial charge in [0.15, 0.2) is 0 Å². The normalized spacial score (nSPS) is 13.1. The molecule has 2 nitrogen and oxygen atoms in total. The molecule has 0 radical (unpaired) electrons. The van der Waals surface area contributed by atoms with Crippen LogP contribution in [-0.4, -0.2) is 7.11 Å². The van der Waals surface area contributed by atoms with Gasteiger partial charge in [-0.25, -0.2) is 0 Å². The van der Waals surface area contributed by atoms with Crippen LogP contribution >= 0.6 is 11.3 Å². The Kier molecular flexibility index (Phi) is 2.52. The molecule has 1 heterocycles. The van der Waals surface area contributed by atoms with Gasteiger partial charge in [0.1, 0.15) is 5.75 Å². The van der Waals surface area contributed by atoms with E-state index in [1.54, 1.807) is 18.4 Å². The number of aryl methyl sites for hydroxylation is 1. The van der Waals surface area contributed by atoms with Gasteiger partial charge in [0.05, 0.1) is 12.0 Å². The average Bonchev–Trinajstić information content (AvgIpc) is 2.30. The summed E-state index contributed by atoms with van der Waals surface area (Å²) < 4.78 is 5.16. The molecule has 0 fully saturated rings. The molecular weight excluding hydrogens is 158 g/mol. The highest BCUT2D eigenvalue weighted by Gasteiger charge is 2.10. The maximum atomic E-state index is 5.73. The molecule has 0 saturated carbocycles. The molecular formula is C8H13NOS. The summed E-state index contributed by atoms with van der Waals surface area (Å²) in [5.41, 5.74) is 5.73. The zero-order valence-electron chi connectivity index (χ0n) is 7.05. The zero-order chi connectivity index (χ0) is 8.43. The number of hydrogen-bond donors (Lipinski definition) is 1. The van der Waals surface area contributed by atoms with Gasteiger partial charge in [-0.05, 0) is 19.9 Å². The number of methoxy groups -OCH3 is 1. The predicted molar refractivity (Wildman–Crippen MR) is 48.2 cm³/mol. The van der Waals surface area contributed by atoms with E-state index < -0.39 is 0 Å². The minimum atomic E-state index is 0.0728. The second kappa shape index (κ2) is 3.24. The van der Waals surface area contributed by atoms with Gasteiger partial charge in [0, 0.05) is 10.9 Å². The van der Waals surface area contributed by atoms with Crippen LogP contribution in [-0.2, 0) is 0 Å². The number of thiophene rings is 1. The van der Waals surface area contributed by atoms with Crippen molar-refractivity contribution in [2.45, 2.75) is 19.9 Å². The summed E-state index contributed by atoms with van der Waals surface area (Å²) in [5.74, 6) is 0.919. The molecule has 0 amide bonds. The van der Waals surface area contributed by atoms with Crippen LogP contribution in [0.5, 0.6) is 5.75 Å². The summed E-state index contributed by atoms with van der Waals surface area (Å²) in [6, 6.07) is 2.09. The first-order valence-electron chi connectivity index (χ1n) is 3.55. The Morgan fingerprint density at radius 2 is 2.27 bits per heavy atom. The fraction of sp³-hybridized carbons (Fsp3) is 0.500. The van der Waals surface area contributed by atoms with E-state index in [1.807, 2.05) is 13.0 Å². The largest absolute Gasteiger partial charge is 0.496 e. The van der Waals surface area contributed by atoms with E-state index in [2.05, 4.69) is 6.92 Å². The van der Waals surface area contributed by atoms with Crippen molar-refractivity contribution < 1.29 is 4.74 Å². The van der Waals surface area contributed by atoms with Gasteiger partial charge >= 0.3 is 0 Å². The van der Waals surface area contributed by atoms with Crippen LogP contribution in [0.3, 0.4) is 0 Å². The van der Waals surface area contributed by atoms with Crippen molar-refractivity contribution in [2.75, 3.05) is 7.11 Å². The molecule has 2 N–H and O–H groups in total. The van der Waals surface area contributed by atoms with Crippen LogP contribution in [0.1, 0.15) is 22.7 Å². The lowest BCUT2D eigenvalue weighted by Gasteiger charge is -2.04. The van der Waals surface area contributed by atoms with E-state index in [0.717, 1.165) is 10.6 Å². The first-order chi connectivity index (χ1) is 5.15. The minimum Gasteiger partial charge on any atom is -0.496 e. The summed E-state index contributed by atoms with van der Waals surface area (Å²) in [5, 5.41) is 0. The topological polar surface area (TPSA) is 35.2 Å². The third-order valence-electron chi connectivity index (χ3n) is 1.48. The number of hydrogen-bond acceptors (Lipinski definition) is 3. The Labute approximate surface area is 71.0 Å². The van der Waals surface area contributed by atoms with Gasteiger partial charge in [-0.2, -0.15) is 0 Å². The molecule has 11 heavy (non-hydrogen) atoms. The van der Waals surface area contributed by atoms with Gasteiger partial charge in [-0.3, -0.25) is 0 Å². The Hall–Kier alpha value is -0.540. The average molecular weight is 171 g/mol. The quantitative estimate of drug-likeness (QED) is 0.739. The van der Waals surface area contributed by atoms with Gasteiger partial charge in [0.25, 0.3) is 0 Å². The van der Waals surface area contributed by atoms with E-state index in [4.69, 9.17) is 10.5 Å². The fourth-order valence-electron chi connectivity index (χ4n) is 0.986. The Bertz CT molecular complexity index is 242. The van der Waals surface area contributed by atoms with Crippen molar-refractivity contribution in [1.29, 1.82) is 0 Å². The molecule has 1 atom stereocenters. The Morgan fingerprint density at radius 3 is 2.64 bits per heavy atom. The van der Waals surface area contributed by atoms with Crippen LogP contribution in [0, 0.1) is 6.92 Å². The van der Waals surface area contributed by atoms with E-state index in [9.17, 15) is 0 Å². The number of rotatable bonds is 2. The monoisotopic (exact) mass is 171 g/mol. The van der Waals surface area contributed by atoms with Gasteiger partial charge < -0.3 is 10.5 Å². The predicted octanol–water partition coefficient (Wildman–Crippen LogP) is 2.08. The van der Waals surface area contributed by atoms with Gasteiger partial charge in [0.2, 0.25) is 0 Å². The fourth-order valence-corrected chi connectivity index (χ4v) is 1.93. The van der Waals surface area contributed by atoms with Crippen molar-refractivity contribution in [3.8, 4) is 5.75 Å². The van der Waals surface area contributed by atoms with Crippen LogP contribution in [0.2, 0.25) is 0 Å². The van der Waals surface area contributed by atoms with Gasteiger partial charge in [-0.15, -0.1) is 11.3 Å². The molecule has 0 aromatic carbocycles. The second-order valence-corrected chi connectivity index (χ2v) is 3.87. The highest BCUT2D eigenvalue weighted by Crippen LogP contribution is 2.32. The zero-order valence-corrected chi connectivity index (χ0v) is 7.87. The molecule has 3 heteroatoms. The molecule has 62 valence electrons. The third kappa shape index (κ3) is 1.73. The number of nitrogens with two attached hydrogens (primary N) is 1. The van der Waals surface area contributed by atoms with Crippen molar-refractivity contribution in [3.05, 3.63) is 15.8 Å². The van der Waals surface area contributed by atoms with E-state index >= 15 is 0 Å². The van der Waals surface area contributed by atoms with Crippen molar-refractivity contribution in [3.63, 3.8) is 0 Å². The first kappa shape index (κ1) is 8.56. The Morgan fingerprint density at radius 1 is 1.64 bits per heavy atom. The Balaban J connectivity index is 3.02. The summed E-state index contributed by atoms with van der Waals surface area (Å²) in [6.07, 6.45) is 0. The van der Waals surface area contributed by atoms with Gasteiger partial charge in [-0.1, -0.05) is 0 Å². The maximum absolute atomic E-state index is 5.73. The lowest BCUT2D eigenvalue weighted by Crippen LogP contribution is -2.03. The molecule has 0 aliphatic carbocycles. The molecule has 0 spiro atoms. The van der Waals surface area contributed by atoms with Crippen LogP contribution in [0.25, 0.3) is 0 Å². The smallest absolute Gasteiger partial charge is 0.134 e. The van der Waals surface area contributed by atoms with E-state index in [-0.39, 0.29) is 6.04 Å². The molecule has 0 bridgehead atoms. The minimum absolute atomic E-state index is 0.0728. The van der Waals surface area contributed by atoms with Crippen LogP contribution in [0.15, 0.2) is 6.07 Å². The molecule has 0 saturated heterocycles. The van der Waals surface area contributed by atoms with E-state index in [0.29, 0.717) is 0 Å². The molecule has 0 aliphatic heterocycles. The summed E-state index contributed by atoms with van der Waals surface area (Å²) >= 11 is 1.70. The summed E-state index contributed by atoms with van der Waals surface area (Å²) in [4.78, 5) is 2.37. The maximum Gasteiger partial charge on any atom is 0.134 e. The second-order valence-electron chi connectivity index (χ2n) is 2.58. The number of ether oxygens (including phenoxy) is 1. The first-order valence-corrected chi connectivity index (χ1v) is 4.36. The van der Waals surface area contributed by atoms with Crippen molar-refractivity contribution in [2.24, 2.45) is 5.73 Å². The standard InChI is InChI=1S/C8H13NOS/c1-5-4-7(10-3)8(11-5)6(2)9/h4,6H,9H2,1-3H3. The summed E-state index contributed by atoms with van der Waals surface area (Å²) in [7, 11) is 1.67. The third-order valence-corrected chi connectivity index (χ3v) is 2.71. The lowest BCUT2D eigenvalue weighted by atomic mass is 10.3. The van der Waals surface area contributed by atoms with Crippen LogP contribution in [0.4, 0.5) is 0 Å². The molecule has 1 aromatic heterocycles. The van der Waals surface area contributed by atoms with Crippen LogP contribution < -0.4 is 10.5 Å². The molecule has 1 rings (SSSR count).